The molecule has 8 heteroatoms. The van der Waals surface area contributed by atoms with Crippen molar-refractivity contribution in [1.82, 2.24) is 20.2 Å². The smallest absolute Gasteiger partial charge is 0.267 e. The van der Waals surface area contributed by atoms with Gasteiger partial charge < -0.3 is 0 Å². The lowest BCUT2D eigenvalue weighted by Crippen LogP contribution is -2.29. The molecule has 0 saturated carbocycles. The van der Waals surface area contributed by atoms with E-state index in [1.807, 2.05) is 0 Å². The van der Waals surface area contributed by atoms with E-state index < -0.39 is 11.8 Å². The minimum Gasteiger partial charge on any atom is -0.275 e. The summed E-state index contributed by atoms with van der Waals surface area (Å²) in [6.45, 7) is 0. The first-order chi connectivity index (χ1) is 13.2. The van der Waals surface area contributed by atoms with E-state index in [9.17, 15) is 9.59 Å². The van der Waals surface area contributed by atoms with Crippen LogP contribution in [0.15, 0.2) is 55.0 Å². The Morgan fingerprint density at radius 3 is 2.56 bits per heavy atom. The van der Waals surface area contributed by atoms with E-state index in [1.165, 1.54) is 6.20 Å². The van der Waals surface area contributed by atoms with Gasteiger partial charge in [-0.25, -0.2) is 9.88 Å². The van der Waals surface area contributed by atoms with Gasteiger partial charge in [-0.1, -0.05) is 23.7 Å². The fraction of sp³-hybridized carbons (Fsp3) is 0. The van der Waals surface area contributed by atoms with Gasteiger partial charge in [0.2, 0.25) is 0 Å². The van der Waals surface area contributed by atoms with Crippen LogP contribution in [-0.4, -0.2) is 32.0 Å². The Morgan fingerprint density at radius 2 is 1.78 bits per heavy atom. The molecule has 130 valence electrons. The summed E-state index contributed by atoms with van der Waals surface area (Å²) >= 11 is 6.21. The summed E-state index contributed by atoms with van der Waals surface area (Å²) in [5, 5.41) is 7.92. The summed E-state index contributed by atoms with van der Waals surface area (Å²) in [5.74, 6) is -0.911. The number of amides is 2. The number of imide groups is 1. The van der Waals surface area contributed by atoms with E-state index in [-0.39, 0.29) is 11.1 Å². The van der Waals surface area contributed by atoms with Gasteiger partial charge in [0.1, 0.15) is 0 Å². The van der Waals surface area contributed by atoms with E-state index in [2.05, 4.69) is 20.2 Å². The maximum absolute atomic E-state index is 13.2. The summed E-state index contributed by atoms with van der Waals surface area (Å²) < 4.78 is 0. The molecule has 0 aliphatic carbocycles. The highest BCUT2D eigenvalue weighted by Crippen LogP contribution is 2.38. The average Bonchev–Trinajstić information content (AvgIpc) is 3.23. The molecule has 7 nitrogen and oxygen atoms in total. The van der Waals surface area contributed by atoms with E-state index in [0.29, 0.717) is 27.4 Å². The van der Waals surface area contributed by atoms with Gasteiger partial charge in [0, 0.05) is 24.2 Å². The molecule has 0 unspecified atom stereocenters. The van der Waals surface area contributed by atoms with Crippen LogP contribution < -0.4 is 4.90 Å². The van der Waals surface area contributed by atoms with Crippen molar-refractivity contribution in [2.45, 2.75) is 0 Å². The SMILES string of the molecule is O=C1c2cnc3n[nH]c(-c4ccncc4)c3c2C(=O)N1c1ccccc1Cl. The van der Waals surface area contributed by atoms with Crippen LogP contribution in [0.1, 0.15) is 20.7 Å². The van der Waals surface area contributed by atoms with Crippen molar-refractivity contribution >= 4 is 40.1 Å². The zero-order valence-electron chi connectivity index (χ0n) is 13.7. The van der Waals surface area contributed by atoms with Gasteiger partial charge in [-0.2, -0.15) is 5.10 Å². The summed E-state index contributed by atoms with van der Waals surface area (Å²) in [5.41, 5.74) is 2.60. The van der Waals surface area contributed by atoms with Gasteiger partial charge in [-0.05, 0) is 24.3 Å². The van der Waals surface area contributed by atoms with Crippen LogP contribution >= 0.6 is 11.6 Å². The molecule has 0 spiro atoms. The van der Waals surface area contributed by atoms with E-state index in [4.69, 9.17) is 11.6 Å². The first-order valence-electron chi connectivity index (χ1n) is 8.07. The second kappa shape index (κ2) is 5.72. The number of nitrogens with zero attached hydrogens (tertiary/aromatic N) is 4. The Balaban J connectivity index is 1.77. The first kappa shape index (κ1) is 15.7. The molecule has 1 aliphatic heterocycles. The summed E-state index contributed by atoms with van der Waals surface area (Å²) in [6, 6.07) is 10.3. The third-order valence-electron chi connectivity index (χ3n) is 4.50. The molecular weight excluding hydrogens is 366 g/mol. The van der Waals surface area contributed by atoms with Gasteiger partial charge in [0.25, 0.3) is 11.8 Å². The van der Waals surface area contributed by atoms with Crippen molar-refractivity contribution in [3.63, 3.8) is 0 Å². The van der Waals surface area contributed by atoms with Crippen LogP contribution in [0.2, 0.25) is 5.02 Å². The Labute approximate surface area is 157 Å². The number of carbonyl (C=O) groups excluding carboxylic acids is 2. The van der Waals surface area contributed by atoms with Crippen molar-refractivity contribution in [3.8, 4) is 11.3 Å². The number of para-hydroxylation sites is 1. The van der Waals surface area contributed by atoms with Crippen LogP contribution in [0.25, 0.3) is 22.3 Å². The second-order valence-corrected chi connectivity index (χ2v) is 6.38. The number of fused-ring (bicyclic) bond motifs is 3. The topological polar surface area (TPSA) is 91.8 Å². The number of hydrogen-bond donors (Lipinski definition) is 1. The quantitative estimate of drug-likeness (QED) is 0.541. The Kier molecular flexibility index (Phi) is 3.32. The van der Waals surface area contributed by atoms with Crippen molar-refractivity contribution in [2.24, 2.45) is 0 Å². The zero-order chi connectivity index (χ0) is 18.5. The highest BCUT2D eigenvalue weighted by Gasteiger charge is 2.40. The standard InChI is InChI=1S/C19H10ClN5O2/c20-12-3-1-2-4-13(12)25-18(26)11-9-22-17-15(14(11)19(25)27)16(23-24-17)10-5-7-21-8-6-10/h1-9H,(H,22,23,24). The molecule has 1 aromatic carbocycles. The predicted molar refractivity (Wildman–Crippen MR) is 99.7 cm³/mol. The lowest BCUT2D eigenvalue weighted by Gasteiger charge is -2.15. The number of benzene rings is 1. The number of aromatic nitrogens is 4. The van der Waals surface area contributed by atoms with Crippen molar-refractivity contribution in [2.75, 3.05) is 4.90 Å². The van der Waals surface area contributed by atoms with Gasteiger partial charge in [-0.3, -0.25) is 19.7 Å². The maximum Gasteiger partial charge on any atom is 0.267 e. The van der Waals surface area contributed by atoms with Crippen molar-refractivity contribution in [1.29, 1.82) is 0 Å². The Hall–Kier alpha value is -3.58. The molecule has 3 aromatic heterocycles. The second-order valence-electron chi connectivity index (χ2n) is 5.98. The van der Waals surface area contributed by atoms with Gasteiger partial charge in [0.05, 0.1) is 32.9 Å². The average molecular weight is 376 g/mol. The fourth-order valence-corrected chi connectivity index (χ4v) is 3.50. The van der Waals surface area contributed by atoms with Crippen LogP contribution in [0.4, 0.5) is 5.69 Å². The first-order valence-corrected chi connectivity index (χ1v) is 8.45. The molecule has 2 amide bonds. The minimum absolute atomic E-state index is 0.226. The van der Waals surface area contributed by atoms with Crippen LogP contribution in [0, 0.1) is 0 Å². The molecule has 0 saturated heterocycles. The third kappa shape index (κ3) is 2.18. The van der Waals surface area contributed by atoms with Gasteiger partial charge in [-0.15, -0.1) is 0 Å². The molecule has 0 fully saturated rings. The Bertz CT molecular complexity index is 1240. The molecular formula is C19H10ClN5O2. The number of pyridine rings is 2. The number of anilines is 1. The van der Waals surface area contributed by atoms with Gasteiger partial charge in [0.15, 0.2) is 5.65 Å². The molecule has 0 atom stereocenters. The monoisotopic (exact) mass is 375 g/mol. The fourth-order valence-electron chi connectivity index (χ4n) is 3.28. The number of aromatic amines is 1. The number of H-pyrrole nitrogens is 1. The summed E-state index contributed by atoms with van der Waals surface area (Å²) in [4.78, 5) is 35.5. The number of nitrogens with one attached hydrogen (secondary N) is 1. The lowest BCUT2D eigenvalue weighted by atomic mass is 10.0. The van der Waals surface area contributed by atoms with E-state index in [1.54, 1.807) is 48.8 Å². The number of rotatable bonds is 2. The highest BCUT2D eigenvalue weighted by atomic mass is 35.5. The minimum atomic E-state index is -0.459. The van der Waals surface area contributed by atoms with E-state index in [0.717, 1.165) is 10.5 Å². The molecule has 27 heavy (non-hydrogen) atoms. The predicted octanol–water partition coefficient (Wildman–Crippen LogP) is 3.47. The molecule has 5 rings (SSSR count). The highest BCUT2D eigenvalue weighted by molar-refractivity contribution is 6.41. The number of halogens is 1. The third-order valence-corrected chi connectivity index (χ3v) is 4.81. The molecule has 4 aromatic rings. The zero-order valence-corrected chi connectivity index (χ0v) is 14.4. The van der Waals surface area contributed by atoms with Gasteiger partial charge >= 0.3 is 0 Å². The van der Waals surface area contributed by atoms with Crippen molar-refractivity contribution < 1.29 is 9.59 Å². The van der Waals surface area contributed by atoms with E-state index >= 15 is 0 Å². The number of hydrogen-bond acceptors (Lipinski definition) is 5. The largest absolute Gasteiger partial charge is 0.275 e. The lowest BCUT2D eigenvalue weighted by molar-refractivity contribution is 0.0926. The van der Waals surface area contributed by atoms with Crippen LogP contribution in [-0.2, 0) is 0 Å². The van der Waals surface area contributed by atoms with Crippen LogP contribution in [0.5, 0.6) is 0 Å². The molecule has 1 N–H and O–H groups in total. The summed E-state index contributed by atoms with van der Waals surface area (Å²) in [7, 11) is 0. The molecule has 0 radical (unpaired) electrons. The molecule has 0 bridgehead atoms. The molecule has 4 heterocycles. The van der Waals surface area contributed by atoms with Crippen LogP contribution in [0.3, 0.4) is 0 Å². The van der Waals surface area contributed by atoms with Crippen molar-refractivity contribution in [3.05, 3.63) is 71.1 Å². The number of carbonyl (C=O) groups is 2. The molecule has 1 aliphatic rings. The summed E-state index contributed by atoms with van der Waals surface area (Å²) in [6.07, 6.45) is 4.66. The maximum atomic E-state index is 13.2. The Morgan fingerprint density at radius 1 is 1.00 bits per heavy atom. The normalized spacial score (nSPS) is 13.4.